The van der Waals surface area contributed by atoms with Crippen LogP contribution in [-0.2, 0) is 0 Å². The second-order valence-electron chi connectivity index (χ2n) is 4.92. The summed E-state index contributed by atoms with van der Waals surface area (Å²) in [5, 5.41) is 2.81. The van der Waals surface area contributed by atoms with Gasteiger partial charge in [0.1, 0.15) is 0 Å². The molecule has 2 aromatic rings. The molecular weight excluding hydrogens is 274 g/mol. The number of nitrogens with one attached hydrogen (secondary N) is 1. The molecule has 2 aliphatic rings. The van der Waals surface area contributed by atoms with Gasteiger partial charge in [-0.05, 0) is 29.8 Å². The van der Waals surface area contributed by atoms with E-state index in [2.05, 4.69) is 5.32 Å². The second-order valence-corrected chi connectivity index (χ2v) is 4.92. The fourth-order valence-corrected chi connectivity index (χ4v) is 2.66. The second kappa shape index (κ2) is 4.37. The number of amides is 1. The zero-order valence-electron chi connectivity index (χ0n) is 10.9. The van der Waals surface area contributed by atoms with Crippen molar-refractivity contribution >= 4 is 11.7 Å². The molecule has 1 atom stereocenters. The smallest absolute Gasteiger partial charge is 0.287 e. The SMILES string of the molecule is O=C(NC1CC(=O)c2cc3c(cc21)OCO3)c1ccco1. The highest BCUT2D eigenvalue weighted by Crippen LogP contribution is 2.41. The van der Waals surface area contributed by atoms with E-state index in [4.69, 9.17) is 13.9 Å². The van der Waals surface area contributed by atoms with Gasteiger partial charge in [-0.25, -0.2) is 0 Å². The fourth-order valence-electron chi connectivity index (χ4n) is 2.66. The number of carbonyl (C=O) groups is 2. The van der Waals surface area contributed by atoms with Crippen molar-refractivity contribution in [3.63, 3.8) is 0 Å². The van der Waals surface area contributed by atoms with Crippen molar-refractivity contribution in [2.75, 3.05) is 6.79 Å². The largest absolute Gasteiger partial charge is 0.459 e. The van der Waals surface area contributed by atoms with Gasteiger partial charge in [-0.3, -0.25) is 9.59 Å². The standard InChI is InChI=1S/C15H11NO5/c17-11-6-10(16-15(18)12-2-1-3-19-12)8-4-13-14(5-9(8)11)21-7-20-13/h1-5,10H,6-7H2,(H,16,18). The van der Waals surface area contributed by atoms with E-state index in [1.165, 1.54) is 6.26 Å². The number of furan rings is 1. The molecule has 1 unspecified atom stereocenters. The van der Waals surface area contributed by atoms with Crippen LogP contribution in [0.4, 0.5) is 0 Å². The average molecular weight is 285 g/mol. The first-order valence-corrected chi connectivity index (χ1v) is 6.53. The number of hydrogen-bond donors (Lipinski definition) is 1. The number of rotatable bonds is 2. The molecule has 1 aromatic heterocycles. The van der Waals surface area contributed by atoms with Gasteiger partial charge in [-0.15, -0.1) is 0 Å². The molecule has 0 spiro atoms. The summed E-state index contributed by atoms with van der Waals surface area (Å²) in [4.78, 5) is 24.1. The Hall–Kier alpha value is -2.76. The third kappa shape index (κ3) is 1.87. The molecule has 1 aliphatic carbocycles. The van der Waals surface area contributed by atoms with Crippen LogP contribution < -0.4 is 14.8 Å². The van der Waals surface area contributed by atoms with Crippen molar-refractivity contribution in [3.8, 4) is 11.5 Å². The molecule has 0 fully saturated rings. The minimum absolute atomic E-state index is 0.0203. The molecule has 106 valence electrons. The maximum absolute atomic E-state index is 12.1. The summed E-state index contributed by atoms with van der Waals surface area (Å²) in [6.07, 6.45) is 1.66. The molecular formula is C15H11NO5. The lowest BCUT2D eigenvalue weighted by Crippen LogP contribution is -2.27. The van der Waals surface area contributed by atoms with Crippen LogP contribution in [0.15, 0.2) is 34.9 Å². The molecule has 0 saturated carbocycles. The van der Waals surface area contributed by atoms with Crippen LogP contribution in [0.2, 0.25) is 0 Å². The van der Waals surface area contributed by atoms with Gasteiger partial charge in [0, 0.05) is 12.0 Å². The molecule has 1 amide bonds. The van der Waals surface area contributed by atoms with E-state index >= 15 is 0 Å². The Labute approximate surface area is 119 Å². The number of Topliss-reactive ketones (excluding diaryl/α,β-unsaturated/α-hetero) is 1. The van der Waals surface area contributed by atoms with Crippen LogP contribution in [0.5, 0.6) is 11.5 Å². The van der Waals surface area contributed by atoms with Gasteiger partial charge in [-0.1, -0.05) is 0 Å². The lowest BCUT2D eigenvalue weighted by molar-refractivity contribution is 0.0900. The van der Waals surface area contributed by atoms with E-state index < -0.39 is 0 Å². The van der Waals surface area contributed by atoms with Crippen LogP contribution in [-0.4, -0.2) is 18.5 Å². The summed E-state index contributed by atoms with van der Waals surface area (Å²) < 4.78 is 15.6. The summed E-state index contributed by atoms with van der Waals surface area (Å²) in [6.45, 7) is 0.149. The van der Waals surface area contributed by atoms with Crippen LogP contribution in [0.25, 0.3) is 0 Å². The van der Waals surface area contributed by atoms with Crippen molar-refractivity contribution in [1.82, 2.24) is 5.32 Å². The Kier molecular flexibility index (Phi) is 2.50. The molecule has 4 rings (SSSR count). The monoisotopic (exact) mass is 285 g/mol. The molecule has 2 heterocycles. The van der Waals surface area contributed by atoms with E-state index in [-0.39, 0.29) is 36.7 Å². The number of hydrogen-bond acceptors (Lipinski definition) is 5. The summed E-state index contributed by atoms with van der Waals surface area (Å²) >= 11 is 0. The van der Waals surface area contributed by atoms with Crippen molar-refractivity contribution in [1.29, 1.82) is 0 Å². The van der Waals surface area contributed by atoms with Gasteiger partial charge in [0.25, 0.3) is 5.91 Å². The molecule has 21 heavy (non-hydrogen) atoms. The van der Waals surface area contributed by atoms with E-state index in [0.29, 0.717) is 17.1 Å². The summed E-state index contributed by atoms with van der Waals surface area (Å²) in [7, 11) is 0. The highest BCUT2D eigenvalue weighted by atomic mass is 16.7. The number of carbonyl (C=O) groups excluding carboxylic acids is 2. The molecule has 0 radical (unpaired) electrons. The number of fused-ring (bicyclic) bond motifs is 2. The van der Waals surface area contributed by atoms with Gasteiger partial charge in [0.05, 0.1) is 12.3 Å². The van der Waals surface area contributed by atoms with Gasteiger partial charge in [0.2, 0.25) is 6.79 Å². The minimum Gasteiger partial charge on any atom is -0.459 e. The van der Waals surface area contributed by atoms with E-state index in [1.807, 2.05) is 0 Å². The third-order valence-corrected chi connectivity index (χ3v) is 3.66. The Balaban J connectivity index is 1.65. The van der Waals surface area contributed by atoms with E-state index in [1.54, 1.807) is 24.3 Å². The Morgan fingerprint density at radius 3 is 2.81 bits per heavy atom. The maximum atomic E-state index is 12.1. The lowest BCUT2D eigenvalue weighted by atomic mass is 10.1. The van der Waals surface area contributed by atoms with Gasteiger partial charge >= 0.3 is 0 Å². The molecule has 1 N–H and O–H groups in total. The minimum atomic E-state index is -0.375. The lowest BCUT2D eigenvalue weighted by Gasteiger charge is -2.12. The molecule has 0 saturated heterocycles. The quantitative estimate of drug-likeness (QED) is 0.913. The molecule has 6 nitrogen and oxygen atoms in total. The van der Waals surface area contributed by atoms with Crippen LogP contribution >= 0.6 is 0 Å². The zero-order valence-corrected chi connectivity index (χ0v) is 10.9. The van der Waals surface area contributed by atoms with Gasteiger partial charge in [0.15, 0.2) is 23.0 Å². The first kappa shape index (κ1) is 12.0. The Bertz CT molecular complexity index is 735. The van der Waals surface area contributed by atoms with Crippen LogP contribution in [0, 0.1) is 0 Å². The summed E-state index contributed by atoms with van der Waals surface area (Å²) in [6, 6.07) is 6.28. The predicted molar refractivity (Wildman–Crippen MR) is 70.4 cm³/mol. The first-order chi connectivity index (χ1) is 10.2. The first-order valence-electron chi connectivity index (χ1n) is 6.53. The fraction of sp³-hybridized carbons (Fsp3) is 0.200. The molecule has 0 bridgehead atoms. The zero-order chi connectivity index (χ0) is 14.4. The van der Waals surface area contributed by atoms with Gasteiger partial charge < -0.3 is 19.2 Å². The van der Waals surface area contributed by atoms with E-state index in [9.17, 15) is 9.59 Å². The number of ether oxygens (including phenoxy) is 2. The average Bonchev–Trinajstić information content (AvgIpc) is 3.19. The van der Waals surface area contributed by atoms with Crippen molar-refractivity contribution in [3.05, 3.63) is 47.4 Å². The molecule has 1 aromatic carbocycles. The maximum Gasteiger partial charge on any atom is 0.287 e. The number of benzene rings is 1. The topological polar surface area (TPSA) is 77.8 Å². The van der Waals surface area contributed by atoms with E-state index in [0.717, 1.165) is 5.56 Å². The van der Waals surface area contributed by atoms with Crippen molar-refractivity contribution in [2.45, 2.75) is 12.5 Å². The molecule has 1 aliphatic heterocycles. The Morgan fingerprint density at radius 2 is 2.05 bits per heavy atom. The number of ketones is 1. The summed E-state index contributed by atoms with van der Waals surface area (Å²) in [5.41, 5.74) is 1.33. The normalized spacial score (nSPS) is 18.7. The summed E-state index contributed by atoms with van der Waals surface area (Å²) in [5.74, 6) is 1.02. The van der Waals surface area contributed by atoms with Gasteiger partial charge in [-0.2, -0.15) is 0 Å². The highest BCUT2D eigenvalue weighted by Gasteiger charge is 2.33. The predicted octanol–water partition coefficient (Wildman–Crippen LogP) is 2.07. The Morgan fingerprint density at radius 1 is 1.24 bits per heavy atom. The van der Waals surface area contributed by atoms with Crippen molar-refractivity contribution in [2.24, 2.45) is 0 Å². The van der Waals surface area contributed by atoms with Crippen molar-refractivity contribution < 1.29 is 23.5 Å². The van der Waals surface area contributed by atoms with Crippen LogP contribution in [0.1, 0.15) is 38.9 Å². The van der Waals surface area contributed by atoms with Crippen LogP contribution in [0.3, 0.4) is 0 Å². The highest BCUT2D eigenvalue weighted by molar-refractivity contribution is 6.03. The molecule has 6 heteroatoms. The third-order valence-electron chi connectivity index (χ3n) is 3.66.